The van der Waals surface area contributed by atoms with Gasteiger partial charge in [0.05, 0.1) is 5.69 Å². The van der Waals surface area contributed by atoms with E-state index in [4.69, 9.17) is 5.73 Å². The number of anilines is 1. The van der Waals surface area contributed by atoms with E-state index in [2.05, 4.69) is 14.3 Å². The molecule has 0 bridgehead atoms. The summed E-state index contributed by atoms with van der Waals surface area (Å²) in [6, 6.07) is 5.95. The molecule has 0 fully saturated rings. The summed E-state index contributed by atoms with van der Waals surface area (Å²) in [6.45, 7) is 1.88. The number of benzene rings is 1. The molecular formula is C12H10N4S2. The zero-order chi connectivity index (χ0) is 12.5. The highest BCUT2D eigenvalue weighted by atomic mass is 32.2. The van der Waals surface area contributed by atoms with E-state index >= 15 is 0 Å². The first-order valence-corrected chi connectivity index (χ1v) is 6.93. The Kier molecular flexibility index (Phi) is 2.89. The molecule has 0 atom stereocenters. The zero-order valence-electron chi connectivity index (χ0n) is 9.62. The van der Waals surface area contributed by atoms with Crippen LogP contribution in [0.15, 0.2) is 39.8 Å². The Hall–Kier alpha value is -1.66. The first-order valence-electron chi connectivity index (χ1n) is 5.34. The van der Waals surface area contributed by atoms with E-state index in [9.17, 15) is 0 Å². The number of hydrogen-bond donors (Lipinski definition) is 1. The molecule has 0 amide bonds. The maximum absolute atomic E-state index is 6.18. The summed E-state index contributed by atoms with van der Waals surface area (Å²) >= 11 is 2.94. The summed E-state index contributed by atoms with van der Waals surface area (Å²) in [5.41, 5.74) is 6.95. The summed E-state index contributed by atoms with van der Waals surface area (Å²) in [7, 11) is 0. The lowest BCUT2D eigenvalue weighted by molar-refractivity contribution is 1.10. The van der Waals surface area contributed by atoms with E-state index in [-0.39, 0.29) is 0 Å². The van der Waals surface area contributed by atoms with Gasteiger partial charge in [-0.25, -0.2) is 4.98 Å². The molecule has 1 aromatic carbocycles. The van der Waals surface area contributed by atoms with Gasteiger partial charge in [0.2, 0.25) is 0 Å². The zero-order valence-corrected chi connectivity index (χ0v) is 11.3. The molecule has 90 valence electrons. The van der Waals surface area contributed by atoms with Crippen LogP contribution in [0.3, 0.4) is 0 Å². The van der Waals surface area contributed by atoms with Crippen molar-refractivity contribution in [1.29, 1.82) is 0 Å². The van der Waals surface area contributed by atoms with Gasteiger partial charge in [-0.3, -0.25) is 4.98 Å². The third-order valence-electron chi connectivity index (χ3n) is 2.53. The van der Waals surface area contributed by atoms with E-state index in [1.54, 1.807) is 18.0 Å². The van der Waals surface area contributed by atoms with Crippen LogP contribution in [0.25, 0.3) is 10.8 Å². The number of aryl methyl sites for hydroxylation is 1. The Morgan fingerprint density at radius 2 is 2.17 bits per heavy atom. The number of nitrogen functional groups attached to an aromatic ring is 1. The minimum absolute atomic E-state index is 0.771. The van der Waals surface area contributed by atoms with Gasteiger partial charge in [0.25, 0.3) is 0 Å². The van der Waals surface area contributed by atoms with Crippen LogP contribution in [0, 0.1) is 6.92 Å². The molecule has 0 radical (unpaired) electrons. The fourth-order valence-corrected chi connectivity index (χ4v) is 3.35. The van der Waals surface area contributed by atoms with Crippen LogP contribution in [0.2, 0.25) is 0 Å². The predicted molar refractivity (Wildman–Crippen MR) is 74.9 cm³/mol. The molecule has 0 spiro atoms. The molecule has 3 rings (SSSR count). The smallest absolute Gasteiger partial charge is 0.174 e. The average molecular weight is 274 g/mol. The first kappa shape index (κ1) is 11.4. The lowest BCUT2D eigenvalue weighted by atomic mass is 10.1. The number of nitrogens with two attached hydrogens (primary N) is 1. The van der Waals surface area contributed by atoms with Gasteiger partial charge < -0.3 is 5.73 Å². The molecule has 0 saturated heterocycles. The lowest BCUT2D eigenvalue weighted by Gasteiger charge is -2.06. The lowest BCUT2D eigenvalue weighted by Crippen LogP contribution is -1.90. The van der Waals surface area contributed by atoms with Gasteiger partial charge in [0.1, 0.15) is 5.82 Å². The minimum atomic E-state index is 0.771. The predicted octanol–water partition coefficient (Wildman–Crippen LogP) is 3.13. The van der Waals surface area contributed by atoms with E-state index in [1.807, 2.05) is 31.3 Å². The fraction of sp³-hybridized carbons (Fsp3) is 0.0833. The monoisotopic (exact) mass is 274 g/mol. The summed E-state index contributed by atoms with van der Waals surface area (Å²) in [5, 5.41) is 2.07. The molecule has 4 nitrogen and oxygen atoms in total. The number of nitrogens with zero attached hydrogens (tertiary/aromatic N) is 3. The third kappa shape index (κ3) is 2.04. The second-order valence-electron chi connectivity index (χ2n) is 3.78. The maximum Gasteiger partial charge on any atom is 0.174 e. The normalized spacial score (nSPS) is 10.9. The van der Waals surface area contributed by atoms with Crippen molar-refractivity contribution in [2.24, 2.45) is 0 Å². The van der Waals surface area contributed by atoms with Gasteiger partial charge in [0, 0.05) is 28.1 Å². The van der Waals surface area contributed by atoms with Crippen molar-refractivity contribution < 1.29 is 0 Å². The van der Waals surface area contributed by atoms with E-state index in [0.717, 1.165) is 31.5 Å². The van der Waals surface area contributed by atoms with Crippen molar-refractivity contribution in [3.63, 3.8) is 0 Å². The number of fused-ring (bicyclic) bond motifs is 1. The van der Waals surface area contributed by atoms with Crippen LogP contribution in [-0.4, -0.2) is 14.3 Å². The summed E-state index contributed by atoms with van der Waals surface area (Å²) < 4.78 is 5.07. The molecule has 0 aliphatic heterocycles. The molecule has 2 heterocycles. The van der Waals surface area contributed by atoms with Gasteiger partial charge in [-0.05, 0) is 30.6 Å². The Balaban J connectivity index is 2.04. The van der Waals surface area contributed by atoms with Crippen LogP contribution in [0.4, 0.5) is 5.69 Å². The fourth-order valence-electron chi connectivity index (χ4n) is 1.68. The molecule has 0 unspecified atom stereocenters. The van der Waals surface area contributed by atoms with Gasteiger partial charge in [-0.1, -0.05) is 17.8 Å². The molecule has 0 aliphatic carbocycles. The second kappa shape index (κ2) is 4.55. The van der Waals surface area contributed by atoms with Crippen LogP contribution in [0.5, 0.6) is 0 Å². The van der Waals surface area contributed by atoms with E-state index in [1.165, 1.54) is 11.5 Å². The summed E-state index contributed by atoms with van der Waals surface area (Å²) in [6.07, 6.45) is 3.57. The topological polar surface area (TPSA) is 64.7 Å². The van der Waals surface area contributed by atoms with Crippen molar-refractivity contribution >= 4 is 39.8 Å². The Bertz CT molecular complexity index is 708. The van der Waals surface area contributed by atoms with Crippen molar-refractivity contribution in [2.75, 3.05) is 5.73 Å². The molecule has 0 saturated carbocycles. The quantitative estimate of drug-likeness (QED) is 0.727. The van der Waals surface area contributed by atoms with E-state index < -0.39 is 0 Å². The molecule has 6 heteroatoms. The Labute approximate surface area is 112 Å². The van der Waals surface area contributed by atoms with Crippen molar-refractivity contribution in [2.45, 2.75) is 16.2 Å². The highest BCUT2D eigenvalue weighted by Crippen LogP contribution is 2.36. The standard InChI is InChI=1S/C12H10N4S2/c1-7-15-12(18-16-7)17-10-3-2-8-6-14-5-4-9(8)11(10)13/h2-6H,13H2,1H3. The van der Waals surface area contributed by atoms with Crippen LogP contribution >= 0.6 is 23.3 Å². The second-order valence-corrected chi connectivity index (χ2v) is 5.82. The van der Waals surface area contributed by atoms with Gasteiger partial charge in [-0.15, -0.1) is 0 Å². The Morgan fingerprint density at radius 3 is 2.94 bits per heavy atom. The minimum Gasteiger partial charge on any atom is -0.397 e. The summed E-state index contributed by atoms with van der Waals surface area (Å²) in [5.74, 6) is 0.797. The molecular weight excluding hydrogens is 264 g/mol. The van der Waals surface area contributed by atoms with Gasteiger partial charge in [0.15, 0.2) is 4.34 Å². The first-order chi connectivity index (χ1) is 8.74. The van der Waals surface area contributed by atoms with Crippen LogP contribution in [0.1, 0.15) is 5.82 Å². The number of hydrogen-bond acceptors (Lipinski definition) is 6. The number of rotatable bonds is 2. The largest absolute Gasteiger partial charge is 0.397 e. The van der Waals surface area contributed by atoms with Crippen molar-refractivity contribution in [3.8, 4) is 0 Å². The molecule has 18 heavy (non-hydrogen) atoms. The van der Waals surface area contributed by atoms with Crippen LogP contribution < -0.4 is 5.73 Å². The molecule has 2 aromatic heterocycles. The molecule has 2 N–H and O–H groups in total. The highest BCUT2D eigenvalue weighted by Gasteiger charge is 2.08. The molecule has 3 aromatic rings. The van der Waals surface area contributed by atoms with Crippen molar-refractivity contribution in [1.82, 2.24) is 14.3 Å². The SMILES string of the molecule is Cc1nsc(Sc2ccc3cnccc3c2N)n1. The number of pyridine rings is 1. The van der Waals surface area contributed by atoms with Gasteiger partial charge >= 0.3 is 0 Å². The van der Waals surface area contributed by atoms with Crippen molar-refractivity contribution in [3.05, 3.63) is 36.4 Å². The van der Waals surface area contributed by atoms with Crippen LogP contribution in [-0.2, 0) is 0 Å². The highest BCUT2D eigenvalue weighted by molar-refractivity contribution is 8.01. The third-order valence-corrected chi connectivity index (χ3v) is 4.45. The Morgan fingerprint density at radius 1 is 1.28 bits per heavy atom. The maximum atomic E-state index is 6.18. The molecule has 0 aliphatic rings. The van der Waals surface area contributed by atoms with E-state index in [0.29, 0.717) is 0 Å². The number of aromatic nitrogens is 3. The summed E-state index contributed by atoms with van der Waals surface area (Å²) in [4.78, 5) is 9.42. The van der Waals surface area contributed by atoms with Gasteiger partial charge in [-0.2, -0.15) is 4.37 Å². The average Bonchev–Trinajstić information content (AvgIpc) is 2.79.